The summed E-state index contributed by atoms with van der Waals surface area (Å²) in [7, 11) is -4.51. The molecule has 6 aromatic carbocycles. The average Bonchev–Trinajstić information content (AvgIpc) is 3.90. The summed E-state index contributed by atoms with van der Waals surface area (Å²) in [5.41, 5.74) is 7.66. The van der Waals surface area contributed by atoms with E-state index >= 15 is 0 Å². The van der Waals surface area contributed by atoms with Crippen LogP contribution in [0.2, 0.25) is 5.02 Å². The van der Waals surface area contributed by atoms with E-state index < -0.39 is 47.6 Å². The number of para-hydroxylation sites is 1. The fourth-order valence-corrected chi connectivity index (χ4v) is 10.5. The van der Waals surface area contributed by atoms with Crippen molar-refractivity contribution in [2.75, 3.05) is 33.8 Å². The molecule has 9 rings (SSSR count). The number of nitrogens with zero attached hydrogens (tertiary/aromatic N) is 3. The van der Waals surface area contributed by atoms with Crippen LogP contribution in [0, 0.1) is 0 Å². The second kappa shape index (κ2) is 24.3. The molecule has 0 bridgehead atoms. The Bertz CT molecular complexity index is 3100. The largest absolute Gasteiger partial charge is 0.478 e. The van der Waals surface area contributed by atoms with Crippen LogP contribution in [-0.2, 0) is 59.7 Å². The molecule has 374 valence electrons. The van der Waals surface area contributed by atoms with Crippen LogP contribution in [-0.4, -0.2) is 102 Å². The van der Waals surface area contributed by atoms with E-state index in [9.17, 15) is 26.4 Å². The van der Waals surface area contributed by atoms with Crippen LogP contribution in [0.15, 0.2) is 168 Å². The van der Waals surface area contributed by atoms with E-state index in [0.29, 0.717) is 18.2 Å². The summed E-state index contributed by atoms with van der Waals surface area (Å²) >= 11 is 6.07. The lowest BCUT2D eigenvalue weighted by Crippen LogP contribution is -2.31. The molecular weight excluding hydrogens is 966 g/mol. The van der Waals surface area contributed by atoms with Gasteiger partial charge >= 0.3 is 11.9 Å². The van der Waals surface area contributed by atoms with Gasteiger partial charge < -0.3 is 29.3 Å². The first kappa shape index (κ1) is 54.1. The summed E-state index contributed by atoms with van der Waals surface area (Å²) < 4.78 is 71.7. The fraction of sp³-hybridized carbons (Fsp3) is 0.259. The van der Waals surface area contributed by atoms with E-state index in [1.54, 1.807) is 0 Å². The van der Waals surface area contributed by atoms with Gasteiger partial charge in [0.25, 0.3) is 20.2 Å². The number of carboxylic acids is 2. The molecule has 4 N–H and O–H groups in total. The van der Waals surface area contributed by atoms with Gasteiger partial charge in [-0.3, -0.25) is 9.11 Å². The highest BCUT2D eigenvalue weighted by atomic mass is 35.5. The summed E-state index contributed by atoms with van der Waals surface area (Å²) in [4.78, 5) is 23.2. The maximum Gasteiger partial charge on any atom is 0.328 e. The number of halogens is 1. The Balaban J connectivity index is 0.000000163. The van der Waals surface area contributed by atoms with Crippen LogP contribution in [0.3, 0.4) is 0 Å². The quantitative estimate of drug-likeness (QED) is 0.0666. The smallest absolute Gasteiger partial charge is 0.328 e. The van der Waals surface area contributed by atoms with Crippen molar-refractivity contribution in [2.24, 2.45) is 0 Å². The lowest BCUT2D eigenvalue weighted by Gasteiger charge is -2.32. The summed E-state index contributed by atoms with van der Waals surface area (Å²) in [6, 6.07) is 46.2. The second-order valence-electron chi connectivity index (χ2n) is 17.4. The number of benzene rings is 6. The number of fused-ring (bicyclic) bond motifs is 4. The molecule has 14 nitrogen and oxygen atoms in total. The predicted molar refractivity (Wildman–Crippen MR) is 276 cm³/mol. The standard InChI is InChI=1S/C21H26ClNO.C19H20N2.C10H8O6S2.C4H4O4/c1-21(17-7-4-3-5-8-17,18-10-12-19(22)13-11-18)24-16-14-20-9-6-15-23(20)2;1-20-12-11-19-17(14-20)16-9-5-6-10-18(16)21(19)13-15-7-3-2-4-8-15;11-17(12,13)9-5-1-3-7-8(9)4-2-6-10(7)18(14,15)16;5-3(6)1-2-4(7)8/h3-5,7-8,10-13,20H,6,9,14-16H2,1-2H3;2-10H,11-14H2,1H3;1-6H,(H,11,12,13)(H,14,15,16);1-2H,(H,5,6)(H,7,8). The summed E-state index contributed by atoms with van der Waals surface area (Å²) in [5.74, 6) is -2.51. The molecule has 17 heteroatoms. The molecule has 1 aromatic heterocycles. The highest BCUT2D eigenvalue weighted by Crippen LogP contribution is 2.35. The molecular formula is C54H58ClN3O11S2. The van der Waals surface area contributed by atoms with Crippen LogP contribution >= 0.6 is 11.6 Å². The molecule has 1 fully saturated rings. The van der Waals surface area contributed by atoms with Crippen molar-refractivity contribution >= 4 is 65.5 Å². The van der Waals surface area contributed by atoms with Crippen LogP contribution in [0.25, 0.3) is 21.7 Å². The number of likely N-dealkylation sites (N-methyl/N-ethyl adjacent to an activating group) is 1. The van der Waals surface area contributed by atoms with Crippen molar-refractivity contribution in [3.63, 3.8) is 0 Å². The van der Waals surface area contributed by atoms with E-state index in [-0.39, 0.29) is 10.8 Å². The van der Waals surface area contributed by atoms with E-state index in [0.717, 1.165) is 61.8 Å². The Morgan fingerprint density at radius 2 is 1.21 bits per heavy atom. The van der Waals surface area contributed by atoms with Gasteiger partial charge in [0.05, 0.1) is 0 Å². The number of aromatic nitrogens is 1. The number of hydrogen-bond acceptors (Lipinski definition) is 9. The van der Waals surface area contributed by atoms with E-state index in [1.807, 2.05) is 18.2 Å². The molecule has 3 heterocycles. The first-order valence-electron chi connectivity index (χ1n) is 22.8. The predicted octanol–water partition coefficient (Wildman–Crippen LogP) is 9.83. The molecule has 0 spiro atoms. The summed E-state index contributed by atoms with van der Waals surface area (Å²) in [6.07, 6.45) is 5.92. The normalized spacial score (nSPS) is 15.9. The molecule has 0 radical (unpaired) electrons. The molecule has 2 atom stereocenters. The SMILES string of the molecule is CN1CCCC1CCOC(C)(c1ccccc1)c1ccc(Cl)cc1.CN1CCc2c(c3ccccc3n2Cc2ccccc2)C1.O=C(O)C=CC(=O)O.O=S(=O)(O)c1cccc2c(S(=O)(=O)O)cccc12. The van der Waals surface area contributed by atoms with Gasteiger partial charge in [0, 0.05) is 83.2 Å². The van der Waals surface area contributed by atoms with Gasteiger partial charge in [-0.25, -0.2) is 9.59 Å². The number of aliphatic carboxylic acids is 2. The van der Waals surface area contributed by atoms with Crippen molar-refractivity contribution in [3.8, 4) is 0 Å². The molecule has 0 amide bonds. The Hall–Kier alpha value is -6.21. The highest BCUT2D eigenvalue weighted by Gasteiger charge is 2.31. The number of hydrogen-bond donors (Lipinski definition) is 4. The Morgan fingerprint density at radius 3 is 1.75 bits per heavy atom. The third-order valence-electron chi connectivity index (χ3n) is 12.5. The van der Waals surface area contributed by atoms with Crippen molar-refractivity contribution in [2.45, 2.75) is 67.1 Å². The zero-order valence-electron chi connectivity index (χ0n) is 39.6. The van der Waals surface area contributed by atoms with Gasteiger partial charge in [-0.2, -0.15) is 16.8 Å². The number of rotatable bonds is 12. The zero-order valence-corrected chi connectivity index (χ0v) is 42.0. The summed E-state index contributed by atoms with van der Waals surface area (Å²) in [5, 5.41) is 17.8. The minimum atomic E-state index is -4.47. The van der Waals surface area contributed by atoms with Crippen LogP contribution < -0.4 is 0 Å². The molecule has 2 aliphatic heterocycles. The minimum absolute atomic E-state index is 0.0233. The molecule has 1 saturated heterocycles. The average molecular weight is 1020 g/mol. The maximum atomic E-state index is 11.2. The molecule has 2 unspecified atom stereocenters. The van der Waals surface area contributed by atoms with Gasteiger partial charge in [-0.1, -0.05) is 127 Å². The van der Waals surface area contributed by atoms with E-state index in [4.69, 9.17) is 35.7 Å². The van der Waals surface area contributed by atoms with Gasteiger partial charge in [0.15, 0.2) is 0 Å². The lowest BCUT2D eigenvalue weighted by atomic mass is 9.88. The maximum absolute atomic E-state index is 11.2. The van der Waals surface area contributed by atoms with Crippen LogP contribution in [0.4, 0.5) is 0 Å². The number of carbonyl (C=O) groups is 2. The number of carboxylic acid groups (broad SMARTS) is 2. The van der Waals surface area contributed by atoms with Crippen molar-refractivity contribution < 1.29 is 50.5 Å². The van der Waals surface area contributed by atoms with Gasteiger partial charge in [0.2, 0.25) is 0 Å². The van der Waals surface area contributed by atoms with Gasteiger partial charge in [-0.05, 0) is 99.4 Å². The first-order chi connectivity index (χ1) is 33.8. The Kier molecular flexibility index (Phi) is 18.5. The molecule has 7 aromatic rings. The third-order valence-corrected chi connectivity index (χ3v) is 14.6. The van der Waals surface area contributed by atoms with Gasteiger partial charge in [0.1, 0.15) is 15.4 Å². The highest BCUT2D eigenvalue weighted by molar-refractivity contribution is 7.86. The fourth-order valence-electron chi connectivity index (χ4n) is 8.93. The molecule has 2 aliphatic rings. The zero-order chi connectivity index (χ0) is 51.3. The van der Waals surface area contributed by atoms with E-state index in [2.05, 4.69) is 126 Å². The molecule has 0 saturated carbocycles. The monoisotopic (exact) mass is 1020 g/mol. The first-order valence-corrected chi connectivity index (χ1v) is 26.1. The third kappa shape index (κ3) is 14.5. The second-order valence-corrected chi connectivity index (χ2v) is 20.6. The Morgan fingerprint density at radius 1 is 0.690 bits per heavy atom. The Labute approximate surface area is 419 Å². The van der Waals surface area contributed by atoms with Crippen LogP contribution in [0.5, 0.6) is 0 Å². The molecule has 0 aliphatic carbocycles. The van der Waals surface area contributed by atoms with E-state index in [1.165, 1.54) is 76.9 Å². The van der Waals surface area contributed by atoms with Crippen molar-refractivity contribution in [1.82, 2.24) is 14.4 Å². The summed E-state index contributed by atoms with van der Waals surface area (Å²) in [6.45, 7) is 7.31. The van der Waals surface area contributed by atoms with Crippen molar-refractivity contribution in [3.05, 3.63) is 191 Å². The van der Waals surface area contributed by atoms with Gasteiger partial charge in [-0.15, -0.1) is 0 Å². The number of likely N-dealkylation sites (tertiary alicyclic amines) is 1. The topological polar surface area (TPSA) is 204 Å². The minimum Gasteiger partial charge on any atom is -0.478 e. The number of ether oxygens (including phenoxy) is 1. The van der Waals surface area contributed by atoms with Crippen molar-refractivity contribution in [1.29, 1.82) is 0 Å². The molecule has 71 heavy (non-hydrogen) atoms. The lowest BCUT2D eigenvalue weighted by molar-refractivity contribution is -0.134. The van der Waals surface area contributed by atoms with Crippen LogP contribution in [0.1, 0.15) is 54.1 Å².